The van der Waals surface area contributed by atoms with E-state index in [1.165, 1.54) is 0 Å². The van der Waals surface area contributed by atoms with Crippen molar-refractivity contribution >= 4 is 17.0 Å². The van der Waals surface area contributed by atoms with Gasteiger partial charge in [0.1, 0.15) is 11.3 Å². The van der Waals surface area contributed by atoms with Gasteiger partial charge in [0.15, 0.2) is 5.82 Å². The minimum atomic E-state index is -0.876. The van der Waals surface area contributed by atoms with Gasteiger partial charge in [-0.05, 0) is 24.6 Å². The summed E-state index contributed by atoms with van der Waals surface area (Å²) in [6, 6.07) is 5.53. The summed E-state index contributed by atoms with van der Waals surface area (Å²) in [7, 11) is 0. The lowest BCUT2D eigenvalue weighted by atomic mass is 10.1. The van der Waals surface area contributed by atoms with Crippen LogP contribution in [0.1, 0.15) is 11.3 Å². The van der Waals surface area contributed by atoms with Crippen molar-refractivity contribution in [2.75, 3.05) is 0 Å². The zero-order valence-corrected chi connectivity index (χ0v) is 10.8. The predicted octanol–water partition coefficient (Wildman–Crippen LogP) is 1.96. The van der Waals surface area contributed by atoms with Crippen LogP contribution in [0.3, 0.4) is 0 Å². The van der Waals surface area contributed by atoms with Gasteiger partial charge >= 0.3 is 5.97 Å². The summed E-state index contributed by atoms with van der Waals surface area (Å²) >= 11 is 0. The Hall–Kier alpha value is -2.76. The SMILES string of the molecule is Cc1nc(-c2ccccn2)nc2[nH]cc(CC(=O)O)c12. The first-order chi connectivity index (χ1) is 9.65. The maximum absolute atomic E-state index is 10.8. The molecule has 2 N–H and O–H groups in total. The minimum Gasteiger partial charge on any atom is -0.481 e. The van der Waals surface area contributed by atoms with Gasteiger partial charge in [-0.15, -0.1) is 0 Å². The Morgan fingerprint density at radius 3 is 2.90 bits per heavy atom. The van der Waals surface area contributed by atoms with E-state index >= 15 is 0 Å². The lowest BCUT2D eigenvalue weighted by Gasteiger charge is -2.03. The number of aromatic amines is 1. The van der Waals surface area contributed by atoms with Crippen LogP contribution >= 0.6 is 0 Å². The summed E-state index contributed by atoms with van der Waals surface area (Å²) in [5, 5.41) is 9.67. The normalized spacial score (nSPS) is 10.8. The average Bonchev–Trinajstić information content (AvgIpc) is 2.82. The smallest absolute Gasteiger partial charge is 0.307 e. The molecule has 3 rings (SSSR count). The first-order valence-electron chi connectivity index (χ1n) is 6.13. The number of hydrogen-bond acceptors (Lipinski definition) is 4. The molecule has 20 heavy (non-hydrogen) atoms. The second-order valence-electron chi connectivity index (χ2n) is 4.46. The largest absolute Gasteiger partial charge is 0.481 e. The van der Waals surface area contributed by atoms with E-state index in [1.54, 1.807) is 12.4 Å². The second kappa shape index (κ2) is 4.73. The molecule has 0 aliphatic carbocycles. The minimum absolute atomic E-state index is 0.0485. The number of carboxylic acids is 1. The molecule has 3 heterocycles. The summed E-state index contributed by atoms with van der Waals surface area (Å²) < 4.78 is 0. The van der Waals surface area contributed by atoms with Gasteiger partial charge in [-0.1, -0.05) is 6.07 Å². The number of fused-ring (bicyclic) bond motifs is 1. The molecule has 0 saturated heterocycles. The summed E-state index contributed by atoms with van der Waals surface area (Å²) in [4.78, 5) is 26.9. The Morgan fingerprint density at radius 2 is 2.20 bits per heavy atom. The fourth-order valence-electron chi connectivity index (χ4n) is 2.20. The Balaban J connectivity index is 2.15. The molecule has 0 radical (unpaired) electrons. The fraction of sp³-hybridized carbons (Fsp3) is 0.143. The van der Waals surface area contributed by atoms with Gasteiger partial charge in [0.2, 0.25) is 0 Å². The summed E-state index contributed by atoms with van der Waals surface area (Å²) in [5.74, 6) is -0.349. The molecule has 0 aliphatic heterocycles. The molecule has 0 spiro atoms. The van der Waals surface area contributed by atoms with E-state index in [1.807, 2.05) is 25.1 Å². The number of hydrogen-bond donors (Lipinski definition) is 2. The Bertz CT molecular complexity index is 780. The van der Waals surface area contributed by atoms with Gasteiger partial charge in [0, 0.05) is 17.8 Å². The van der Waals surface area contributed by atoms with Gasteiger partial charge in [0.05, 0.1) is 12.1 Å². The van der Waals surface area contributed by atoms with Gasteiger partial charge in [-0.3, -0.25) is 9.78 Å². The van der Waals surface area contributed by atoms with Crippen LogP contribution in [0.15, 0.2) is 30.6 Å². The van der Waals surface area contributed by atoms with Crippen LogP contribution in [0.25, 0.3) is 22.6 Å². The molecule has 0 aromatic carbocycles. The van der Waals surface area contributed by atoms with Crippen LogP contribution in [0.5, 0.6) is 0 Å². The number of nitrogens with zero attached hydrogens (tertiary/aromatic N) is 3. The topological polar surface area (TPSA) is 91.8 Å². The van der Waals surface area contributed by atoms with Gasteiger partial charge in [-0.2, -0.15) is 0 Å². The van der Waals surface area contributed by atoms with Gasteiger partial charge in [-0.25, -0.2) is 9.97 Å². The van der Waals surface area contributed by atoms with E-state index in [0.717, 1.165) is 11.1 Å². The summed E-state index contributed by atoms with van der Waals surface area (Å²) in [5.41, 5.74) is 2.76. The Kier molecular flexibility index (Phi) is 2.90. The molecule has 0 amide bonds. The molecule has 3 aromatic heterocycles. The van der Waals surface area contributed by atoms with Crippen molar-refractivity contribution in [1.29, 1.82) is 0 Å². The Morgan fingerprint density at radius 1 is 1.35 bits per heavy atom. The third kappa shape index (κ3) is 2.11. The second-order valence-corrected chi connectivity index (χ2v) is 4.46. The van der Waals surface area contributed by atoms with E-state index in [0.29, 0.717) is 22.7 Å². The van der Waals surface area contributed by atoms with E-state index in [9.17, 15) is 4.79 Å². The zero-order valence-electron chi connectivity index (χ0n) is 10.8. The highest BCUT2D eigenvalue weighted by Crippen LogP contribution is 2.23. The molecular formula is C14H12N4O2. The number of nitrogens with one attached hydrogen (secondary N) is 1. The number of rotatable bonds is 3. The van der Waals surface area contributed by atoms with E-state index in [-0.39, 0.29) is 6.42 Å². The van der Waals surface area contributed by atoms with Crippen molar-refractivity contribution in [2.45, 2.75) is 13.3 Å². The van der Waals surface area contributed by atoms with Gasteiger partial charge in [0.25, 0.3) is 0 Å². The van der Waals surface area contributed by atoms with Crippen molar-refractivity contribution < 1.29 is 9.90 Å². The van der Waals surface area contributed by atoms with Crippen molar-refractivity contribution in [3.63, 3.8) is 0 Å². The van der Waals surface area contributed by atoms with Crippen molar-refractivity contribution in [2.24, 2.45) is 0 Å². The molecule has 6 nitrogen and oxygen atoms in total. The number of carbonyl (C=O) groups is 1. The molecular weight excluding hydrogens is 256 g/mol. The van der Waals surface area contributed by atoms with E-state index < -0.39 is 5.97 Å². The predicted molar refractivity (Wildman–Crippen MR) is 73.2 cm³/mol. The maximum atomic E-state index is 10.8. The standard InChI is InChI=1S/C14H12N4O2/c1-8-12-9(6-11(19)20)7-16-14(12)18-13(17-8)10-4-2-3-5-15-10/h2-5,7H,6H2,1H3,(H,19,20)(H,16,17,18). The highest BCUT2D eigenvalue weighted by atomic mass is 16.4. The number of H-pyrrole nitrogens is 1. The zero-order chi connectivity index (χ0) is 14.1. The highest BCUT2D eigenvalue weighted by Gasteiger charge is 2.14. The number of pyridine rings is 1. The molecule has 0 fully saturated rings. The average molecular weight is 268 g/mol. The highest BCUT2D eigenvalue weighted by molar-refractivity contribution is 5.87. The first kappa shape index (κ1) is 12.3. The molecule has 0 atom stereocenters. The number of aryl methyl sites for hydroxylation is 1. The third-order valence-electron chi connectivity index (χ3n) is 3.03. The van der Waals surface area contributed by atoms with Crippen LogP contribution in [0, 0.1) is 6.92 Å². The van der Waals surface area contributed by atoms with Crippen LogP contribution in [0.2, 0.25) is 0 Å². The van der Waals surface area contributed by atoms with E-state index in [4.69, 9.17) is 5.11 Å². The van der Waals surface area contributed by atoms with Crippen molar-refractivity contribution in [3.8, 4) is 11.5 Å². The fourth-order valence-corrected chi connectivity index (χ4v) is 2.20. The summed E-state index contributed by atoms with van der Waals surface area (Å²) in [6.45, 7) is 1.84. The van der Waals surface area contributed by atoms with E-state index in [2.05, 4.69) is 19.9 Å². The first-order valence-corrected chi connectivity index (χ1v) is 6.13. The lowest BCUT2D eigenvalue weighted by Crippen LogP contribution is -2.01. The van der Waals surface area contributed by atoms with Crippen molar-refractivity contribution in [1.82, 2.24) is 19.9 Å². The van der Waals surface area contributed by atoms with Crippen LogP contribution in [-0.4, -0.2) is 31.0 Å². The molecule has 0 unspecified atom stereocenters. The Labute approximate surface area is 114 Å². The van der Waals surface area contributed by atoms with Crippen LogP contribution in [0.4, 0.5) is 0 Å². The molecule has 0 bridgehead atoms. The maximum Gasteiger partial charge on any atom is 0.307 e. The quantitative estimate of drug-likeness (QED) is 0.757. The van der Waals surface area contributed by atoms with Crippen LogP contribution in [-0.2, 0) is 11.2 Å². The number of carboxylic acid groups (broad SMARTS) is 1. The number of aromatic nitrogens is 4. The molecule has 3 aromatic rings. The monoisotopic (exact) mass is 268 g/mol. The third-order valence-corrected chi connectivity index (χ3v) is 3.03. The molecule has 6 heteroatoms. The van der Waals surface area contributed by atoms with Crippen LogP contribution < -0.4 is 0 Å². The molecule has 100 valence electrons. The lowest BCUT2D eigenvalue weighted by molar-refractivity contribution is -0.136. The number of aliphatic carboxylic acids is 1. The molecule has 0 saturated carbocycles. The molecule has 0 aliphatic rings. The van der Waals surface area contributed by atoms with Crippen molar-refractivity contribution in [3.05, 3.63) is 41.9 Å². The van der Waals surface area contributed by atoms with Gasteiger partial charge < -0.3 is 10.1 Å². The summed E-state index contributed by atoms with van der Waals surface area (Å²) in [6.07, 6.45) is 3.30.